The van der Waals surface area contributed by atoms with E-state index in [1.54, 1.807) is 41.8 Å². The Morgan fingerprint density at radius 2 is 1.77 bits per heavy atom. The van der Waals surface area contributed by atoms with E-state index in [0.717, 1.165) is 0 Å². The lowest BCUT2D eigenvalue weighted by Gasteiger charge is -2.04. The van der Waals surface area contributed by atoms with E-state index in [0.29, 0.717) is 21.9 Å². The minimum Gasteiger partial charge on any atom is -0.497 e. The molecule has 0 radical (unpaired) electrons. The fourth-order valence-electron chi connectivity index (χ4n) is 2.16. The van der Waals surface area contributed by atoms with Crippen LogP contribution in [0.3, 0.4) is 0 Å². The fraction of sp³-hybridized carbons (Fsp3) is 0.105. The Morgan fingerprint density at radius 3 is 2.42 bits per heavy atom. The van der Waals surface area contributed by atoms with Gasteiger partial charge in [0.1, 0.15) is 16.6 Å². The van der Waals surface area contributed by atoms with Crippen molar-refractivity contribution in [3.8, 4) is 16.3 Å². The summed E-state index contributed by atoms with van der Waals surface area (Å²) >= 11 is 1.24. The van der Waals surface area contributed by atoms with E-state index < -0.39 is 5.97 Å². The van der Waals surface area contributed by atoms with E-state index >= 15 is 0 Å². The lowest BCUT2D eigenvalue weighted by atomic mass is 10.1. The van der Waals surface area contributed by atoms with Gasteiger partial charge in [0.15, 0.2) is 18.1 Å². The van der Waals surface area contributed by atoms with Crippen molar-refractivity contribution in [3.05, 3.63) is 71.0 Å². The van der Waals surface area contributed by atoms with Gasteiger partial charge in [-0.2, -0.15) is 0 Å². The normalized spacial score (nSPS) is 10.4. The number of hydrogen-bond acceptors (Lipinski definition) is 6. The number of esters is 1. The zero-order valence-corrected chi connectivity index (χ0v) is 14.6. The quantitative estimate of drug-likeness (QED) is 0.484. The lowest BCUT2D eigenvalue weighted by molar-refractivity contribution is 0.0470. The van der Waals surface area contributed by atoms with Crippen molar-refractivity contribution in [2.24, 2.45) is 0 Å². The molecule has 3 rings (SSSR count). The first-order valence-corrected chi connectivity index (χ1v) is 8.50. The number of methoxy groups -OCH3 is 1. The fourth-order valence-corrected chi connectivity index (χ4v) is 2.95. The molecule has 7 heteroatoms. The molecule has 3 aromatic rings. The summed E-state index contributed by atoms with van der Waals surface area (Å²) in [6.45, 7) is -0.380. The second-order valence-corrected chi connectivity index (χ2v) is 6.13. The molecule has 0 amide bonds. The summed E-state index contributed by atoms with van der Waals surface area (Å²) < 4.78 is 23.0. The first-order chi connectivity index (χ1) is 12.6. The Morgan fingerprint density at radius 1 is 1.08 bits per heavy atom. The third-order valence-electron chi connectivity index (χ3n) is 3.55. The molecule has 0 aliphatic rings. The zero-order chi connectivity index (χ0) is 18.5. The van der Waals surface area contributed by atoms with Crippen LogP contribution in [-0.2, 0) is 4.74 Å². The number of carbonyl (C=O) groups excluding carboxylic acids is 2. The SMILES string of the molecule is COc1ccc(C(=O)COC(=O)c2csc(-c3ccc(F)cc3)n2)cc1. The van der Waals surface area contributed by atoms with Crippen molar-refractivity contribution in [2.45, 2.75) is 0 Å². The highest BCUT2D eigenvalue weighted by atomic mass is 32.1. The van der Waals surface area contributed by atoms with Crippen LogP contribution in [-0.4, -0.2) is 30.5 Å². The molecule has 5 nitrogen and oxygen atoms in total. The van der Waals surface area contributed by atoms with Gasteiger partial charge < -0.3 is 9.47 Å². The molecule has 1 aromatic heterocycles. The summed E-state index contributed by atoms with van der Waals surface area (Å²) in [5.41, 5.74) is 1.23. The van der Waals surface area contributed by atoms with Crippen molar-refractivity contribution in [1.29, 1.82) is 0 Å². The van der Waals surface area contributed by atoms with Crippen molar-refractivity contribution in [2.75, 3.05) is 13.7 Å². The summed E-state index contributed by atoms with van der Waals surface area (Å²) in [6.07, 6.45) is 0. The van der Waals surface area contributed by atoms with Crippen molar-refractivity contribution >= 4 is 23.1 Å². The van der Waals surface area contributed by atoms with Crippen LogP contribution >= 0.6 is 11.3 Å². The number of Topliss-reactive ketones (excluding diaryl/α,β-unsaturated/α-hetero) is 1. The van der Waals surface area contributed by atoms with Gasteiger partial charge in [0, 0.05) is 16.5 Å². The highest BCUT2D eigenvalue weighted by Crippen LogP contribution is 2.24. The Labute approximate surface area is 153 Å². The topological polar surface area (TPSA) is 65.5 Å². The zero-order valence-electron chi connectivity index (χ0n) is 13.8. The van der Waals surface area contributed by atoms with Crippen LogP contribution in [0.25, 0.3) is 10.6 Å². The summed E-state index contributed by atoms with van der Waals surface area (Å²) in [6, 6.07) is 12.3. The van der Waals surface area contributed by atoms with E-state index in [1.165, 1.54) is 30.6 Å². The van der Waals surface area contributed by atoms with Gasteiger partial charge in [0.25, 0.3) is 0 Å². The third kappa shape index (κ3) is 4.12. The molecule has 0 saturated heterocycles. The summed E-state index contributed by atoms with van der Waals surface area (Å²) in [5, 5.41) is 2.11. The Balaban J connectivity index is 1.61. The maximum absolute atomic E-state index is 13.0. The van der Waals surface area contributed by atoms with Gasteiger partial charge in [0.05, 0.1) is 7.11 Å². The number of rotatable bonds is 6. The van der Waals surface area contributed by atoms with Gasteiger partial charge in [-0.3, -0.25) is 4.79 Å². The second-order valence-electron chi connectivity index (χ2n) is 5.27. The number of thiazole rings is 1. The van der Waals surface area contributed by atoms with Gasteiger partial charge in [-0.15, -0.1) is 11.3 Å². The number of halogens is 1. The molecule has 0 N–H and O–H groups in total. The monoisotopic (exact) mass is 371 g/mol. The molecule has 0 aliphatic carbocycles. The minimum atomic E-state index is -0.684. The number of ketones is 1. The standard InChI is InChI=1S/C19H14FNO4S/c1-24-15-8-4-12(5-9-15)17(22)10-25-19(23)16-11-26-18(21-16)13-2-6-14(20)7-3-13/h2-9,11H,10H2,1H3. The van der Waals surface area contributed by atoms with Crippen molar-refractivity contribution in [3.63, 3.8) is 0 Å². The highest BCUT2D eigenvalue weighted by molar-refractivity contribution is 7.13. The summed E-state index contributed by atoms with van der Waals surface area (Å²) in [5.74, 6) is -0.720. The summed E-state index contributed by atoms with van der Waals surface area (Å²) in [4.78, 5) is 28.3. The van der Waals surface area contributed by atoms with Gasteiger partial charge in [-0.25, -0.2) is 14.2 Å². The second kappa shape index (κ2) is 7.88. The van der Waals surface area contributed by atoms with E-state index in [2.05, 4.69) is 4.98 Å². The minimum absolute atomic E-state index is 0.108. The van der Waals surface area contributed by atoms with Crippen LogP contribution in [0.4, 0.5) is 4.39 Å². The van der Waals surface area contributed by atoms with Gasteiger partial charge in [-0.1, -0.05) is 0 Å². The van der Waals surface area contributed by atoms with E-state index in [1.807, 2.05) is 0 Å². The molecule has 0 unspecified atom stereocenters. The van der Waals surface area contributed by atoms with Crippen LogP contribution < -0.4 is 4.74 Å². The van der Waals surface area contributed by atoms with Crippen molar-refractivity contribution in [1.82, 2.24) is 4.98 Å². The third-order valence-corrected chi connectivity index (χ3v) is 4.44. The maximum Gasteiger partial charge on any atom is 0.358 e. The molecule has 0 saturated carbocycles. The Bertz CT molecular complexity index is 919. The Hall–Kier alpha value is -3.06. The highest BCUT2D eigenvalue weighted by Gasteiger charge is 2.16. The largest absolute Gasteiger partial charge is 0.497 e. The van der Waals surface area contributed by atoms with Crippen LogP contribution in [0.5, 0.6) is 5.75 Å². The van der Waals surface area contributed by atoms with Gasteiger partial charge >= 0.3 is 5.97 Å². The van der Waals surface area contributed by atoms with E-state index in [9.17, 15) is 14.0 Å². The smallest absolute Gasteiger partial charge is 0.358 e. The number of aromatic nitrogens is 1. The van der Waals surface area contributed by atoms with Crippen molar-refractivity contribution < 1.29 is 23.5 Å². The average molecular weight is 371 g/mol. The number of ether oxygens (including phenoxy) is 2. The van der Waals surface area contributed by atoms with Crippen LogP contribution in [0.1, 0.15) is 20.8 Å². The molecular weight excluding hydrogens is 357 g/mol. The molecule has 0 aliphatic heterocycles. The molecule has 26 heavy (non-hydrogen) atoms. The van der Waals surface area contributed by atoms with Gasteiger partial charge in [0.2, 0.25) is 0 Å². The predicted molar refractivity (Wildman–Crippen MR) is 95.1 cm³/mol. The molecule has 0 spiro atoms. The maximum atomic E-state index is 13.0. The summed E-state index contributed by atoms with van der Waals surface area (Å²) in [7, 11) is 1.53. The van der Waals surface area contributed by atoms with Crippen LogP contribution in [0, 0.1) is 5.82 Å². The lowest BCUT2D eigenvalue weighted by Crippen LogP contribution is -2.14. The first-order valence-electron chi connectivity index (χ1n) is 7.62. The van der Waals surface area contributed by atoms with Crippen LogP contribution in [0.2, 0.25) is 0 Å². The number of benzene rings is 2. The van der Waals surface area contributed by atoms with E-state index in [-0.39, 0.29) is 23.9 Å². The predicted octanol–water partition coefficient (Wildman–Crippen LogP) is 4.00. The average Bonchev–Trinajstić information content (AvgIpc) is 3.16. The van der Waals surface area contributed by atoms with E-state index in [4.69, 9.17) is 9.47 Å². The van der Waals surface area contributed by atoms with Crippen LogP contribution in [0.15, 0.2) is 53.9 Å². The molecule has 132 valence electrons. The molecular formula is C19H14FNO4S. The number of nitrogens with zero attached hydrogens (tertiary/aromatic N) is 1. The Kier molecular flexibility index (Phi) is 5.38. The molecule has 0 atom stereocenters. The molecule has 2 aromatic carbocycles. The first kappa shape index (κ1) is 17.8. The molecule has 1 heterocycles. The number of carbonyl (C=O) groups is 2. The molecule has 0 bridgehead atoms. The van der Waals surface area contributed by atoms with Gasteiger partial charge in [-0.05, 0) is 48.5 Å². The molecule has 0 fully saturated rings. The number of hydrogen-bond donors (Lipinski definition) is 0.